The van der Waals surface area contributed by atoms with Crippen molar-refractivity contribution in [1.29, 1.82) is 0 Å². The molecule has 0 spiro atoms. The number of rotatable bonds is 5. The lowest BCUT2D eigenvalue weighted by molar-refractivity contribution is 0.477. The van der Waals surface area contributed by atoms with Crippen LogP contribution in [0.1, 0.15) is 23.2 Å². The molecule has 2 aromatic rings. The quantitative estimate of drug-likeness (QED) is 0.443. The number of nitrogens with zero attached hydrogens (tertiary/aromatic N) is 3. The Morgan fingerprint density at radius 1 is 1.43 bits per heavy atom. The molecule has 0 saturated carbocycles. The van der Waals surface area contributed by atoms with Crippen molar-refractivity contribution in [2.75, 3.05) is 14.1 Å². The van der Waals surface area contributed by atoms with Crippen LogP contribution in [-0.4, -0.2) is 29.9 Å². The predicted octanol–water partition coefficient (Wildman–Crippen LogP) is 3.59. The molecule has 0 saturated heterocycles. The van der Waals surface area contributed by atoms with E-state index in [1.165, 1.54) is 10.6 Å². The van der Waals surface area contributed by atoms with Crippen molar-refractivity contribution in [2.45, 2.75) is 26.4 Å². The van der Waals surface area contributed by atoms with Gasteiger partial charge in [0.2, 0.25) is 0 Å². The average Bonchev–Trinajstić information content (AvgIpc) is 3.10. The molecule has 0 aliphatic carbocycles. The van der Waals surface area contributed by atoms with Gasteiger partial charge in [-0.2, -0.15) is 11.3 Å². The summed E-state index contributed by atoms with van der Waals surface area (Å²) in [6, 6.07) is 2.14. The third kappa shape index (κ3) is 5.55. The smallest absolute Gasteiger partial charge is 0.194 e. The van der Waals surface area contributed by atoms with Crippen LogP contribution in [-0.2, 0) is 19.5 Å². The minimum Gasteiger partial charge on any atom is -0.351 e. The number of aliphatic imine (C=N–C) groups is 1. The van der Waals surface area contributed by atoms with Gasteiger partial charge < -0.3 is 10.2 Å². The molecule has 0 radical (unpaired) electrons. The number of hydrogen-bond acceptors (Lipinski definition) is 4. The normalized spacial score (nSPS) is 11.1. The van der Waals surface area contributed by atoms with Crippen LogP contribution in [0.2, 0.25) is 0 Å². The third-order valence-corrected chi connectivity index (χ3v) is 4.68. The fourth-order valence-electron chi connectivity index (χ4n) is 1.88. The summed E-state index contributed by atoms with van der Waals surface area (Å²) in [5, 5.41) is 10.9. The van der Waals surface area contributed by atoms with E-state index in [-0.39, 0.29) is 24.0 Å². The monoisotopic (exact) mass is 436 g/mol. The van der Waals surface area contributed by atoms with E-state index in [0.717, 1.165) is 31.2 Å². The zero-order valence-electron chi connectivity index (χ0n) is 12.5. The second-order valence-electron chi connectivity index (χ2n) is 4.47. The van der Waals surface area contributed by atoms with Crippen LogP contribution in [0.4, 0.5) is 0 Å². The standard InChI is InChI=1S/C14H20N4S2.HI/c1-4-13-17-12(10-20-13)7-16-14(15-2)18(3)8-11-5-6-19-9-11;/h5-6,9-10H,4,7-8H2,1-3H3,(H,15,16);1H. The number of thiazole rings is 1. The maximum Gasteiger partial charge on any atom is 0.194 e. The van der Waals surface area contributed by atoms with Crippen LogP contribution in [0.5, 0.6) is 0 Å². The van der Waals surface area contributed by atoms with Gasteiger partial charge in [0.25, 0.3) is 0 Å². The highest BCUT2D eigenvalue weighted by Crippen LogP contribution is 2.11. The van der Waals surface area contributed by atoms with Crippen molar-refractivity contribution in [3.63, 3.8) is 0 Å². The molecule has 2 rings (SSSR count). The van der Waals surface area contributed by atoms with Gasteiger partial charge in [-0.3, -0.25) is 4.99 Å². The number of nitrogens with one attached hydrogen (secondary N) is 1. The van der Waals surface area contributed by atoms with E-state index in [2.05, 4.69) is 49.3 Å². The molecule has 21 heavy (non-hydrogen) atoms. The van der Waals surface area contributed by atoms with Gasteiger partial charge in [-0.05, 0) is 28.8 Å². The van der Waals surface area contributed by atoms with E-state index in [0.29, 0.717) is 0 Å². The molecule has 1 N–H and O–H groups in total. The van der Waals surface area contributed by atoms with E-state index < -0.39 is 0 Å². The molecule has 0 aromatic carbocycles. The molecule has 116 valence electrons. The molecule has 0 bridgehead atoms. The second kappa shape index (κ2) is 9.37. The Kier molecular flexibility index (Phi) is 8.20. The number of aryl methyl sites for hydroxylation is 1. The Bertz CT molecular complexity index is 551. The van der Waals surface area contributed by atoms with Crippen LogP contribution >= 0.6 is 46.7 Å². The maximum absolute atomic E-state index is 4.55. The van der Waals surface area contributed by atoms with Crippen LogP contribution < -0.4 is 5.32 Å². The number of guanidine groups is 1. The van der Waals surface area contributed by atoms with Crippen LogP contribution in [0, 0.1) is 0 Å². The van der Waals surface area contributed by atoms with E-state index >= 15 is 0 Å². The van der Waals surface area contributed by atoms with Crippen molar-refractivity contribution >= 4 is 52.6 Å². The lowest BCUT2D eigenvalue weighted by Crippen LogP contribution is -2.38. The Balaban J connectivity index is 0.00000220. The van der Waals surface area contributed by atoms with Gasteiger partial charge >= 0.3 is 0 Å². The zero-order chi connectivity index (χ0) is 14.4. The maximum atomic E-state index is 4.55. The zero-order valence-corrected chi connectivity index (χ0v) is 16.5. The Hall–Kier alpha value is -0.670. The minimum atomic E-state index is 0. The summed E-state index contributed by atoms with van der Waals surface area (Å²) in [6.07, 6.45) is 0.997. The van der Waals surface area contributed by atoms with Gasteiger partial charge in [-0.25, -0.2) is 4.98 Å². The van der Waals surface area contributed by atoms with Gasteiger partial charge in [0.05, 0.1) is 17.2 Å². The number of hydrogen-bond donors (Lipinski definition) is 1. The lowest BCUT2D eigenvalue weighted by atomic mass is 10.3. The molecular formula is C14H21IN4S2. The molecule has 4 nitrogen and oxygen atoms in total. The second-order valence-corrected chi connectivity index (χ2v) is 6.20. The van der Waals surface area contributed by atoms with Gasteiger partial charge in [0.15, 0.2) is 5.96 Å². The number of thiophene rings is 1. The summed E-state index contributed by atoms with van der Waals surface area (Å²) < 4.78 is 0. The van der Waals surface area contributed by atoms with E-state index in [1.807, 2.05) is 14.1 Å². The van der Waals surface area contributed by atoms with Crippen molar-refractivity contribution in [3.05, 3.63) is 38.5 Å². The van der Waals surface area contributed by atoms with Gasteiger partial charge in [-0.15, -0.1) is 35.3 Å². The molecule has 2 aromatic heterocycles. The molecule has 0 unspecified atom stereocenters. The van der Waals surface area contributed by atoms with E-state index in [1.54, 1.807) is 22.7 Å². The Labute approximate surface area is 151 Å². The molecule has 0 atom stereocenters. The highest BCUT2D eigenvalue weighted by atomic mass is 127. The fraction of sp³-hybridized carbons (Fsp3) is 0.429. The van der Waals surface area contributed by atoms with Crippen molar-refractivity contribution in [2.24, 2.45) is 4.99 Å². The molecule has 0 aliphatic heterocycles. The first kappa shape index (κ1) is 18.4. The topological polar surface area (TPSA) is 40.5 Å². The fourth-order valence-corrected chi connectivity index (χ4v) is 3.28. The summed E-state index contributed by atoms with van der Waals surface area (Å²) in [7, 11) is 3.86. The highest BCUT2D eigenvalue weighted by molar-refractivity contribution is 14.0. The lowest BCUT2D eigenvalue weighted by Gasteiger charge is -2.21. The SMILES string of the molecule is CCc1nc(CNC(=NC)N(C)Cc2ccsc2)cs1.I. The first-order valence-electron chi connectivity index (χ1n) is 6.59. The molecule has 0 aliphatic rings. The summed E-state index contributed by atoms with van der Waals surface area (Å²) in [5.74, 6) is 0.891. The molecule has 7 heteroatoms. The first-order valence-corrected chi connectivity index (χ1v) is 8.41. The molecule has 0 fully saturated rings. The van der Waals surface area contributed by atoms with Crippen LogP contribution in [0.3, 0.4) is 0 Å². The van der Waals surface area contributed by atoms with E-state index in [4.69, 9.17) is 0 Å². The van der Waals surface area contributed by atoms with Crippen molar-refractivity contribution < 1.29 is 0 Å². The average molecular weight is 436 g/mol. The summed E-state index contributed by atoms with van der Waals surface area (Å²) >= 11 is 3.44. The first-order chi connectivity index (χ1) is 9.72. The minimum absolute atomic E-state index is 0. The molecule has 2 heterocycles. The summed E-state index contributed by atoms with van der Waals surface area (Å²) in [5.41, 5.74) is 2.39. The van der Waals surface area contributed by atoms with Gasteiger partial charge in [-0.1, -0.05) is 6.92 Å². The van der Waals surface area contributed by atoms with E-state index in [9.17, 15) is 0 Å². The number of aromatic nitrogens is 1. The third-order valence-electron chi connectivity index (χ3n) is 2.90. The molecule has 0 amide bonds. The summed E-state index contributed by atoms with van der Waals surface area (Å²) in [6.45, 7) is 3.71. The highest BCUT2D eigenvalue weighted by Gasteiger charge is 2.08. The number of halogens is 1. The molecular weight excluding hydrogens is 415 g/mol. The Morgan fingerprint density at radius 2 is 2.24 bits per heavy atom. The van der Waals surface area contributed by atoms with Gasteiger partial charge in [0.1, 0.15) is 0 Å². The van der Waals surface area contributed by atoms with Gasteiger partial charge in [0, 0.05) is 26.0 Å². The predicted molar refractivity (Wildman–Crippen MR) is 103 cm³/mol. The summed E-state index contributed by atoms with van der Waals surface area (Å²) in [4.78, 5) is 11.0. The van der Waals surface area contributed by atoms with Crippen LogP contribution in [0.15, 0.2) is 27.2 Å². The Morgan fingerprint density at radius 3 is 2.81 bits per heavy atom. The largest absolute Gasteiger partial charge is 0.351 e. The van der Waals surface area contributed by atoms with Crippen LogP contribution in [0.25, 0.3) is 0 Å². The van der Waals surface area contributed by atoms with Crippen molar-refractivity contribution in [3.8, 4) is 0 Å². The van der Waals surface area contributed by atoms with Crippen molar-refractivity contribution in [1.82, 2.24) is 15.2 Å².